The molecule has 6 aromatic rings. The van der Waals surface area contributed by atoms with Crippen molar-refractivity contribution in [2.45, 2.75) is 5.92 Å². The number of halogens is 2. The van der Waals surface area contributed by atoms with E-state index in [1.165, 1.54) is 0 Å². The number of aromatic nitrogens is 4. The molecule has 36 heavy (non-hydrogen) atoms. The molecular weight excluding hydrogens is 544 g/mol. The monoisotopic (exact) mass is 556 g/mol. The maximum Gasteiger partial charge on any atom is 0.344 e. The van der Waals surface area contributed by atoms with Gasteiger partial charge in [-0.1, -0.05) is 63.9 Å². The number of benzene rings is 3. The summed E-state index contributed by atoms with van der Waals surface area (Å²) < 4.78 is 14.6. The number of para-hydroxylation sites is 1. The van der Waals surface area contributed by atoms with Gasteiger partial charge in [-0.3, -0.25) is 0 Å². The van der Waals surface area contributed by atoms with E-state index in [2.05, 4.69) is 26.0 Å². The smallest absolute Gasteiger partial charge is 0.344 e. The fourth-order valence-corrected chi connectivity index (χ4v) is 5.03. The number of hydrogen-bond acceptors (Lipinski definition) is 6. The number of nitrogens with zero attached hydrogens (tertiary/aromatic N) is 4. The van der Waals surface area contributed by atoms with E-state index in [-0.39, 0.29) is 0 Å². The van der Waals surface area contributed by atoms with Crippen molar-refractivity contribution in [2.24, 2.45) is 0 Å². The standard InChI is InChI=1S/C27H14BrClN4O3/c28-16-9-5-15(6-10-16)24-31-25-22-20(14-7-11-17(29)12-8-14)21-23(36-26(22)30-13-33(25)32-24)18-3-1-2-4-19(18)35-27(21)34/h1-13,20H. The van der Waals surface area contributed by atoms with Gasteiger partial charge in [0.1, 0.15) is 11.9 Å². The first-order valence-electron chi connectivity index (χ1n) is 11.1. The molecule has 3 aromatic heterocycles. The summed E-state index contributed by atoms with van der Waals surface area (Å²) in [5.41, 5.74) is 3.19. The summed E-state index contributed by atoms with van der Waals surface area (Å²) in [5.74, 6) is 0.767. The molecule has 1 atom stereocenters. The van der Waals surface area contributed by atoms with Gasteiger partial charge in [-0.05, 0) is 42.0 Å². The third-order valence-electron chi connectivity index (χ3n) is 6.27. The first-order valence-corrected chi connectivity index (χ1v) is 12.2. The summed E-state index contributed by atoms with van der Waals surface area (Å²) in [5, 5.41) is 5.92. The second kappa shape index (κ2) is 8.01. The van der Waals surface area contributed by atoms with Gasteiger partial charge in [0.2, 0.25) is 5.88 Å². The highest BCUT2D eigenvalue weighted by Crippen LogP contribution is 2.48. The van der Waals surface area contributed by atoms with E-state index in [1.54, 1.807) is 29.0 Å². The lowest BCUT2D eigenvalue weighted by molar-refractivity contribution is 0.422. The summed E-state index contributed by atoms with van der Waals surface area (Å²) in [6.45, 7) is 0. The van der Waals surface area contributed by atoms with Crippen molar-refractivity contribution in [1.29, 1.82) is 0 Å². The number of fused-ring (bicyclic) bond motifs is 6. The quantitative estimate of drug-likeness (QED) is 0.223. The normalized spacial score (nSPS) is 14.4. The highest BCUT2D eigenvalue weighted by Gasteiger charge is 2.37. The van der Waals surface area contributed by atoms with Crippen LogP contribution in [0.1, 0.15) is 22.6 Å². The molecule has 174 valence electrons. The zero-order valence-corrected chi connectivity index (χ0v) is 20.7. The second-order valence-corrected chi connectivity index (χ2v) is 9.74. The minimum atomic E-state index is -0.556. The second-order valence-electron chi connectivity index (χ2n) is 8.39. The van der Waals surface area contributed by atoms with Gasteiger partial charge in [0.15, 0.2) is 17.2 Å². The zero-order valence-electron chi connectivity index (χ0n) is 18.4. The van der Waals surface area contributed by atoms with Gasteiger partial charge in [-0.15, -0.1) is 5.10 Å². The topological polar surface area (TPSA) is 82.5 Å². The van der Waals surface area contributed by atoms with Crippen LogP contribution in [0.5, 0.6) is 11.6 Å². The lowest BCUT2D eigenvalue weighted by Crippen LogP contribution is -2.22. The van der Waals surface area contributed by atoms with Crippen LogP contribution in [0, 0.1) is 0 Å². The van der Waals surface area contributed by atoms with E-state index in [1.807, 2.05) is 54.6 Å². The number of rotatable bonds is 2. The van der Waals surface area contributed by atoms with Gasteiger partial charge in [-0.2, -0.15) is 0 Å². The Kier molecular flexibility index (Phi) is 4.74. The van der Waals surface area contributed by atoms with Crippen molar-refractivity contribution in [3.05, 3.63) is 116 Å². The Balaban J connectivity index is 1.54. The molecule has 0 aliphatic carbocycles. The van der Waals surface area contributed by atoms with Crippen LogP contribution in [0.3, 0.4) is 0 Å². The minimum absolute atomic E-state index is 0.362. The highest BCUT2D eigenvalue weighted by atomic mass is 79.9. The molecule has 1 unspecified atom stereocenters. The summed E-state index contributed by atoms with van der Waals surface area (Å²) >= 11 is 9.65. The van der Waals surface area contributed by atoms with Crippen molar-refractivity contribution in [3.63, 3.8) is 0 Å². The van der Waals surface area contributed by atoms with Gasteiger partial charge in [0.05, 0.1) is 22.4 Å². The largest absolute Gasteiger partial charge is 0.437 e. The molecule has 4 heterocycles. The van der Waals surface area contributed by atoms with E-state index < -0.39 is 11.5 Å². The predicted octanol–water partition coefficient (Wildman–Crippen LogP) is 6.60. The maximum atomic E-state index is 13.4. The first-order chi connectivity index (χ1) is 17.6. The molecule has 0 N–H and O–H groups in total. The Labute approximate surface area is 217 Å². The number of ether oxygens (including phenoxy) is 1. The van der Waals surface area contributed by atoms with Crippen LogP contribution in [0.2, 0.25) is 5.02 Å². The fourth-order valence-electron chi connectivity index (χ4n) is 4.64. The molecule has 0 saturated carbocycles. The first kappa shape index (κ1) is 21.3. The molecule has 7 nitrogen and oxygen atoms in total. The van der Waals surface area contributed by atoms with Crippen LogP contribution >= 0.6 is 27.5 Å². The lowest BCUT2D eigenvalue weighted by atomic mass is 9.84. The Morgan fingerprint density at radius 2 is 1.72 bits per heavy atom. The third kappa shape index (κ3) is 3.26. The average molecular weight is 558 g/mol. The highest BCUT2D eigenvalue weighted by molar-refractivity contribution is 9.10. The molecule has 1 aliphatic rings. The molecule has 0 fully saturated rings. The maximum absolute atomic E-state index is 13.4. The summed E-state index contributed by atoms with van der Waals surface area (Å²) in [4.78, 5) is 22.8. The Morgan fingerprint density at radius 1 is 0.944 bits per heavy atom. The molecule has 1 aliphatic heterocycles. The molecular formula is C27H14BrClN4O3. The minimum Gasteiger partial charge on any atom is -0.437 e. The molecule has 9 heteroatoms. The number of hydrogen-bond donors (Lipinski definition) is 0. The third-order valence-corrected chi connectivity index (χ3v) is 7.05. The van der Waals surface area contributed by atoms with Crippen LogP contribution in [0.15, 0.2) is 92.8 Å². The summed E-state index contributed by atoms with van der Waals surface area (Å²) in [7, 11) is 0. The van der Waals surface area contributed by atoms with Crippen LogP contribution < -0.4 is 10.4 Å². The van der Waals surface area contributed by atoms with Gasteiger partial charge >= 0.3 is 5.63 Å². The molecule has 0 saturated heterocycles. The van der Waals surface area contributed by atoms with Crippen LogP contribution in [0.4, 0.5) is 0 Å². The summed E-state index contributed by atoms with van der Waals surface area (Å²) in [6, 6.07) is 22.4. The molecule has 0 spiro atoms. The van der Waals surface area contributed by atoms with Crippen molar-refractivity contribution in [3.8, 4) is 23.0 Å². The molecule has 0 bridgehead atoms. The molecule has 0 amide bonds. The van der Waals surface area contributed by atoms with E-state index in [4.69, 9.17) is 25.7 Å². The van der Waals surface area contributed by atoms with Crippen LogP contribution in [-0.4, -0.2) is 19.6 Å². The van der Waals surface area contributed by atoms with Gasteiger partial charge in [0, 0.05) is 15.1 Å². The average Bonchev–Trinajstić information content (AvgIpc) is 3.33. The van der Waals surface area contributed by atoms with Crippen molar-refractivity contribution < 1.29 is 9.15 Å². The van der Waals surface area contributed by atoms with Crippen molar-refractivity contribution in [2.75, 3.05) is 0 Å². The van der Waals surface area contributed by atoms with E-state index >= 15 is 0 Å². The predicted molar refractivity (Wildman–Crippen MR) is 139 cm³/mol. The lowest BCUT2D eigenvalue weighted by Gasteiger charge is -2.27. The molecule has 0 radical (unpaired) electrons. The summed E-state index contributed by atoms with van der Waals surface area (Å²) in [6.07, 6.45) is 1.57. The van der Waals surface area contributed by atoms with Crippen LogP contribution in [-0.2, 0) is 0 Å². The van der Waals surface area contributed by atoms with E-state index in [0.717, 1.165) is 15.6 Å². The Hall–Kier alpha value is -4.01. The molecule has 7 rings (SSSR count). The Morgan fingerprint density at radius 3 is 2.53 bits per heavy atom. The van der Waals surface area contributed by atoms with Crippen molar-refractivity contribution in [1.82, 2.24) is 19.6 Å². The molecule has 3 aromatic carbocycles. The van der Waals surface area contributed by atoms with E-state index in [0.29, 0.717) is 50.2 Å². The van der Waals surface area contributed by atoms with Gasteiger partial charge < -0.3 is 9.15 Å². The van der Waals surface area contributed by atoms with Crippen molar-refractivity contribution >= 4 is 44.1 Å². The SMILES string of the molecule is O=c1oc2ccccc2c2c1C(c1ccc(Cl)cc1)c1c(ncn3nc(-c4ccc(Br)cc4)nc13)O2. The van der Waals surface area contributed by atoms with Gasteiger partial charge in [-0.25, -0.2) is 19.3 Å². The fraction of sp³-hybridized carbons (Fsp3) is 0.0370. The van der Waals surface area contributed by atoms with E-state index in [9.17, 15) is 4.79 Å². The Bertz CT molecular complexity index is 1860. The van der Waals surface area contributed by atoms with Gasteiger partial charge in [0.25, 0.3) is 0 Å². The zero-order chi connectivity index (χ0) is 24.4. The van der Waals surface area contributed by atoms with Crippen LogP contribution in [0.25, 0.3) is 28.0 Å².